The third kappa shape index (κ3) is 4.48. The van der Waals surface area contributed by atoms with Gasteiger partial charge in [-0.05, 0) is 37.0 Å². The lowest BCUT2D eigenvalue weighted by atomic mass is 9.93. The van der Waals surface area contributed by atoms with Crippen LogP contribution >= 0.6 is 0 Å². The topological polar surface area (TPSA) is 78.4 Å². The number of carboxylic acid groups (broad SMARTS) is 1. The Labute approximate surface area is 125 Å². The molecular formula is C16H24N2O3. The van der Waals surface area contributed by atoms with Gasteiger partial charge in [0.15, 0.2) is 0 Å². The Morgan fingerprint density at radius 1 is 1.10 bits per heavy atom. The summed E-state index contributed by atoms with van der Waals surface area (Å²) in [5.74, 6) is -1.01. The first-order valence-electron chi connectivity index (χ1n) is 7.39. The maximum Gasteiger partial charge on any atom is 0.329 e. The quantitative estimate of drug-likeness (QED) is 0.720. The summed E-state index contributed by atoms with van der Waals surface area (Å²) in [5, 5.41) is 14.5. The van der Waals surface area contributed by atoms with Crippen LogP contribution in [0.3, 0.4) is 0 Å². The standard InChI is InChI=1S/C16H24N2O3/c1-4-7-12-8-10-13(11-9-12)17-15(21)18-16(5-2,6-3)14(19)20/h8-11H,4-7H2,1-3H3,(H,19,20)(H2,17,18,21). The van der Waals surface area contributed by atoms with E-state index in [0.29, 0.717) is 18.5 Å². The number of anilines is 1. The number of aryl methyl sites for hydroxylation is 1. The van der Waals surface area contributed by atoms with Crippen molar-refractivity contribution >= 4 is 17.7 Å². The van der Waals surface area contributed by atoms with Gasteiger partial charge in [-0.15, -0.1) is 0 Å². The average molecular weight is 292 g/mol. The Morgan fingerprint density at radius 3 is 2.10 bits per heavy atom. The fourth-order valence-corrected chi connectivity index (χ4v) is 2.21. The van der Waals surface area contributed by atoms with Crippen LogP contribution in [0.1, 0.15) is 45.6 Å². The number of benzene rings is 1. The molecule has 0 bridgehead atoms. The average Bonchev–Trinajstić information content (AvgIpc) is 2.47. The second-order valence-electron chi connectivity index (χ2n) is 5.12. The van der Waals surface area contributed by atoms with Crippen molar-refractivity contribution in [3.63, 3.8) is 0 Å². The summed E-state index contributed by atoms with van der Waals surface area (Å²) in [6, 6.07) is 7.08. The first-order valence-corrected chi connectivity index (χ1v) is 7.39. The van der Waals surface area contributed by atoms with Gasteiger partial charge < -0.3 is 15.7 Å². The number of amides is 2. The molecule has 1 aromatic rings. The molecule has 0 spiro atoms. The van der Waals surface area contributed by atoms with E-state index < -0.39 is 17.5 Å². The fraction of sp³-hybridized carbons (Fsp3) is 0.500. The monoisotopic (exact) mass is 292 g/mol. The van der Waals surface area contributed by atoms with Crippen LogP contribution in [0, 0.1) is 0 Å². The first kappa shape index (κ1) is 17.0. The van der Waals surface area contributed by atoms with Gasteiger partial charge in [0.25, 0.3) is 0 Å². The molecule has 0 aliphatic heterocycles. The summed E-state index contributed by atoms with van der Waals surface area (Å²) in [7, 11) is 0. The Morgan fingerprint density at radius 2 is 1.67 bits per heavy atom. The van der Waals surface area contributed by atoms with Gasteiger partial charge in [0.1, 0.15) is 5.54 Å². The predicted octanol–water partition coefficient (Wildman–Crippen LogP) is 3.40. The van der Waals surface area contributed by atoms with Crippen molar-refractivity contribution in [2.24, 2.45) is 0 Å². The van der Waals surface area contributed by atoms with Crippen molar-refractivity contribution in [3.8, 4) is 0 Å². The number of rotatable bonds is 7. The molecule has 116 valence electrons. The van der Waals surface area contributed by atoms with Gasteiger partial charge in [0.2, 0.25) is 0 Å². The SMILES string of the molecule is CCCc1ccc(NC(=O)NC(CC)(CC)C(=O)O)cc1. The highest BCUT2D eigenvalue weighted by molar-refractivity contribution is 5.93. The van der Waals surface area contributed by atoms with Crippen molar-refractivity contribution in [2.75, 3.05) is 5.32 Å². The molecule has 5 nitrogen and oxygen atoms in total. The number of carbonyl (C=O) groups is 2. The maximum absolute atomic E-state index is 12.0. The molecule has 2 amide bonds. The van der Waals surface area contributed by atoms with Gasteiger partial charge in [0.05, 0.1) is 0 Å². The highest BCUT2D eigenvalue weighted by Crippen LogP contribution is 2.16. The molecule has 0 fully saturated rings. The normalized spacial score (nSPS) is 11.0. The smallest absolute Gasteiger partial charge is 0.329 e. The first-order chi connectivity index (χ1) is 9.97. The largest absolute Gasteiger partial charge is 0.480 e. The van der Waals surface area contributed by atoms with Gasteiger partial charge in [-0.25, -0.2) is 9.59 Å². The minimum Gasteiger partial charge on any atom is -0.480 e. The number of carboxylic acids is 1. The highest BCUT2D eigenvalue weighted by Gasteiger charge is 2.36. The summed E-state index contributed by atoms with van der Waals surface area (Å²) < 4.78 is 0. The molecule has 0 atom stereocenters. The zero-order chi connectivity index (χ0) is 15.9. The van der Waals surface area contributed by atoms with E-state index in [2.05, 4.69) is 17.6 Å². The molecule has 0 radical (unpaired) electrons. The summed E-state index contributed by atoms with van der Waals surface area (Å²) in [5.41, 5.74) is 0.649. The summed E-state index contributed by atoms with van der Waals surface area (Å²) in [6.45, 7) is 5.61. The van der Waals surface area contributed by atoms with Gasteiger partial charge in [-0.3, -0.25) is 0 Å². The van der Waals surface area contributed by atoms with E-state index in [1.54, 1.807) is 13.8 Å². The molecular weight excluding hydrogens is 268 g/mol. The third-order valence-electron chi connectivity index (χ3n) is 3.72. The molecule has 0 saturated heterocycles. The number of aliphatic carboxylic acids is 1. The number of hydrogen-bond acceptors (Lipinski definition) is 2. The van der Waals surface area contributed by atoms with E-state index in [4.69, 9.17) is 0 Å². The minimum atomic E-state index is -1.22. The second-order valence-corrected chi connectivity index (χ2v) is 5.12. The van der Waals surface area contributed by atoms with Crippen LogP contribution in [0.15, 0.2) is 24.3 Å². The van der Waals surface area contributed by atoms with Gasteiger partial charge in [0, 0.05) is 5.69 Å². The maximum atomic E-state index is 12.0. The molecule has 0 aliphatic carbocycles. The molecule has 5 heteroatoms. The molecule has 21 heavy (non-hydrogen) atoms. The van der Waals surface area contributed by atoms with Crippen molar-refractivity contribution in [2.45, 2.75) is 52.0 Å². The van der Waals surface area contributed by atoms with Crippen LogP contribution in [-0.4, -0.2) is 22.6 Å². The summed E-state index contributed by atoms with van der Waals surface area (Å²) >= 11 is 0. The van der Waals surface area contributed by atoms with E-state index in [9.17, 15) is 14.7 Å². The molecule has 0 saturated carbocycles. The molecule has 0 aromatic heterocycles. The number of urea groups is 1. The Balaban J connectivity index is 2.70. The van der Waals surface area contributed by atoms with E-state index in [-0.39, 0.29) is 0 Å². The van der Waals surface area contributed by atoms with Gasteiger partial charge in [-0.2, -0.15) is 0 Å². The van der Waals surface area contributed by atoms with E-state index in [1.165, 1.54) is 5.56 Å². The number of nitrogens with one attached hydrogen (secondary N) is 2. The molecule has 1 rings (SSSR count). The Kier molecular flexibility index (Phi) is 6.21. The molecule has 3 N–H and O–H groups in total. The molecule has 0 aliphatic rings. The third-order valence-corrected chi connectivity index (χ3v) is 3.72. The van der Waals surface area contributed by atoms with Crippen LogP contribution in [0.25, 0.3) is 0 Å². The Hall–Kier alpha value is -2.04. The predicted molar refractivity (Wildman–Crippen MR) is 83.5 cm³/mol. The second kappa shape index (κ2) is 7.67. The van der Waals surface area contributed by atoms with Crippen LogP contribution in [-0.2, 0) is 11.2 Å². The van der Waals surface area contributed by atoms with Gasteiger partial charge in [-0.1, -0.05) is 39.3 Å². The van der Waals surface area contributed by atoms with E-state index >= 15 is 0 Å². The lowest BCUT2D eigenvalue weighted by Crippen LogP contribution is -2.54. The molecule has 1 aromatic carbocycles. The minimum absolute atomic E-state index is 0.335. The van der Waals surface area contributed by atoms with Crippen molar-refractivity contribution in [1.29, 1.82) is 0 Å². The zero-order valence-corrected chi connectivity index (χ0v) is 12.9. The number of hydrogen-bond donors (Lipinski definition) is 3. The summed E-state index contributed by atoms with van der Waals surface area (Å²) in [4.78, 5) is 23.3. The summed E-state index contributed by atoms with van der Waals surface area (Å²) in [6.07, 6.45) is 2.74. The zero-order valence-electron chi connectivity index (χ0n) is 12.9. The van der Waals surface area contributed by atoms with Crippen molar-refractivity contribution in [1.82, 2.24) is 5.32 Å². The van der Waals surface area contributed by atoms with Crippen molar-refractivity contribution < 1.29 is 14.7 Å². The van der Waals surface area contributed by atoms with E-state index in [0.717, 1.165) is 12.8 Å². The van der Waals surface area contributed by atoms with E-state index in [1.807, 2.05) is 24.3 Å². The van der Waals surface area contributed by atoms with Gasteiger partial charge >= 0.3 is 12.0 Å². The molecule has 0 heterocycles. The lowest BCUT2D eigenvalue weighted by Gasteiger charge is -2.28. The van der Waals surface area contributed by atoms with Crippen molar-refractivity contribution in [3.05, 3.63) is 29.8 Å². The van der Waals surface area contributed by atoms with Crippen LogP contribution < -0.4 is 10.6 Å². The lowest BCUT2D eigenvalue weighted by molar-refractivity contribution is -0.144. The highest BCUT2D eigenvalue weighted by atomic mass is 16.4. The van der Waals surface area contributed by atoms with Crippen LogP contribution in [0.5, 0.6) is 0 Å². The molecule has 0 unspecified atom stereocenters. The number of carbonyl (C=O) groups excluding carboxylic acids is 1. The fourth-order valence-electron chi connectivity index (χ4n) is 2.21. The van der Waals surface area contributed by atoms with Crippen LogP contribution in [0.4, 0.5) is 10.5 Å². The Bertz CT molecular complexity index is 479. The van der Waals surface area contributed by atoms with Crippen LogP contribution in [0.2, 0.25) is 0 Å².